The van der Waals surface area contributed by atoms with Gasteiger partial charge in [-0.1, -0.05) is 0 Å². The van der Waals surface area contributed by atoms with Crippen LogP contribution in [-0.2, 0) is 22.0 Å². The number of carbonyl (C=O) groups excluding carboxylic acids is 1. The Morgan fingerprint density at radius 1 is 1.56 bits per heavy atom. The number of ether oxygens (including phenoxy) is 1. The molecule has 0 amide bonds. The second-order valence-electron chi connectivity index (χ2n) is 4.06. The van der Waals surface area contributed by atoms with E-state index in [0.717, 1.165) is 4.47 Å². The molecule has 1 aromatic rings. The van der Waals surface area contributed by atoms with E-state index in [1.165, 1.54) is 11.7 Å². The molecule has 2 rings (SSSR count). The summed E-state index contributed by atoms with van der Waals surface area (Å²) >= 11 is 3.33. The first-order chi connectivity index (χ1) is 7.51. The van der Waals surface area contributed by atoms with Crippen LogP contribution in [-0.4, -0.2) is 17.6 Å². The van der Waals surface area contributed by atoms with Crippen LogP contribution in [0.15, 0.2) is 21.5 Å². The molecule has 16 heavy (non-hydrogen) atoms. The van der Waals surface area contributed by atoms with Gasteiger partial charge in [0, 0.05) is 23.3 Å². The molecule has 1 aromatic heterocycles. The van der Waals surface area contributed by atoms with E-state index in [-0.39, 0.29) is 11.5 Å². The summed E-state index contributed by atoms with van der Waals surface area (Å²) in [5.41, 5.74) is -0.310. The van der Waals surface area contributed by atoms with Gasteiger partial charge in [0.1, 0.15) is 0 Å². The van der Waals surface area contributed by atoms with Crippen LogP contribution in [0.25, 0.3) is 0 Å². The average molecular weight is 286 g/mol. The SMILES string of the molecule is COC(=O)C1(c2cc(Br)cn(C)c2=O)CC1. The molecule has 0 saturated heterocycles. The maximum Gasteiger partial charge on any atom is 0.316 e. The van der Waals surface area contributed by atoms with Gasteiger partial charge in [0.25, 0.3) is 5.56 Å². The second kappa shape index (κ2) is 3.73. The molecule has 5 heteroatoms. The number of hydrogen-bond donors (Lipinski definition) is 0. The molecule has 0 aliphatic heterocycles. The second-order valence-corrected chi connectivity index (χ2v) is 4.98. The highest BCUT2D eigenvalue weighted by molar-refractivity contribution is 9.10. The van der Waals surface area contributed by atoms with Crippen LogP contribution in [0.1, 0.15) is 18.4 Å². The van der Waals surface area contributed by atoms with Crippen LogP contribution < -0.4 is 5.56 Å². The van der Waals surface area contributed by atoms with E-state index >= 15 is 0 Å². The molecule has 0 unspecified atom stereocenters. The first-order valence-electron chi connectivity index (χ1n) is 4.96. The van der Waals surface area contributed by atoms with Gasteiger partial charge in [-0.05, 0) is 34.8 Å². The van der Waals surface area contributed by atoms with Gasteiger partial charge < -0.3 is 9.30 Å². The minimum absolute atomic E-state index is 0.133. The molecule has 0 N–H and O–H groups in total. The van der Waals surface area contributed by atoms with Crippen LogP contribution in [0.2, 0.25) is 0 Å². The Kier molecular flexibility index (Phi) is 2.66. The lowest BCUT2D eigenvalue weighted by Gasteiger charge is -2.13. The quantitative estimate of drug-likeness (QED) is 0.771. The molecule has 4 nitrogen and oxygen atoms in total. The van der Waals surface area contributed by atoms with Gasteiger partial charge in [-0.2, -0.15) is 0 Å². The molecule has 86 valence electrons. The normalized spacial score (nSPS) is 16.9. The fourth-order valence-corrected chi connectivity index (χ4v) is 2.45. The van der Waals surface area contributed by atoms with Crippen molar-refractivity contribution in [2.24, 2.45) is 7.05 Å². The maximum atomic E-state index is 12.0. The minimum Gasteiger partial charge on any atom is -0.468 e. The largest absolute Gasteiger partial charge is 0.468 e. The molecule has 0 atom stereocenters. The lowest BCUT2D eigenvalue weighted by molar-refractivity contribution is -0.143. The number of nitrogens with zero attached hydrogens (tertiary/aromatic N) is 1. The summed E-state index contributed by atoms with van der Waals surface area (Å²) in [6, 6.07) is 1.71. The highest BCUT2D eigenvalue weighted by Gasteiger charge is 2.54. The van der Waals surface area contributed by atoms with E-state index in [2.05, 4.69) is 15.9 Å². The molecular weight excluding hydrogens is 274 g/mol. The standard InChI is InChI=1S/C11H12BrNO3/c1-13-6-7(12)5-8(9(13)14)11(3-4-11)10(15)16-2/h5-6H,3-4H2,1-2H3. The summed E-state index contributed by atoms with van der Waals surface area (Å²) in [6.45, 7) is 0. The molecule has 1 saturated carbocycles. The zero-order valence-electron chi connectivity index (χ0n) is 9.12. The van der Waals surface area contributed by atoms with Crippen molar-refractivity contribution in [3.63, 3.8) is 0 Å². The van der Waals surface area contributed by atoms with Crippen LogP contribution in [0.5, 0.6) is 0 Å². The van der Waals surface area contributed by atoms with Gasteiger partial charge in [0.15, 0.2) is 0 Å². The van der Waals surface area contributed by atoms with Crippen molar-refractivity contribution in [3.8, 4) is 0 Å². The Balaban J connectivity index is 2.57. The first kappa shape index (κ1) is 11.4. The van der Waals surface area contributed by atoms with Crippen LogP contribution in [0, 0.1) is 0 Å². The van der Waals surface area contributed by atoms with Gasteiger partial charge >= 0.3 is 5.97 Å². The van der Waals surface area contributed by atoms with Crippen LogP contribution >= 0.6 is 15.9 Å². The Hall–Kier alpha value is -1.10. The minimum atomic E-state index is -0.701. The number of rotatable bonds is 2. The maximum absolute atomic E-state index is 12.0. The van der Waals surface area contributed by atoms with E-state index in [9.17, 15) is 9.59 Å². The van der Waals surface area contributed by atoms with Crippen molar-refractivity contribution in [2.75, 3.05) is 7.11 Å². The van der Waals surface area contributed by atoms with Gasteiger partial charge in [0.2, 0.25) is 0 Å². The topological polar surface area (TPSA) is 48.3 Å². The average Bonchev–Trinajstić information content (AvgIpc) is 3.03. The Bertz CT molecular complexity index is 502. The lowest BCUT2D eigenvalue weighted by atomic mass is 9.98. The van der Waals surface area contributed by atoms with E-state index < -0.39 is 5.41 Å². The Morgan fingerprint density at radius 3 is 2.69 bits per heavy atom. The molecule has 0 aromatic carbocycles. The monoisotopic (exact) mass is 285 g/mol. The third-order valence-electron chi connectivity index (χ3n) is 2.99. The number of esters is 1. The number of pyridine rings is 1. The van der Waals surface area contributed by atoms with E-state index in [1.54, 1.807) is 19.3 Å². The molecular formula is C11H12BrNO3. The highest BCUT2D eigenvalue weighted by atomic mass is 79.9. The highest BCUT2D eigenvalue weighted by Crippen LogP contribution is 2.48. The van der Waals surface area contributed by atoms with Gasteiger partial charge in [-0.15, -0.1) is 0 Å². The molecule has 1 aliphatic rings. The fourth-order valence-electron chi connectivity index (χ4n) is 1.92. The third kappa shape index (κ3) is 1.59. The number of methoxy groups -OCH3 is 1. The fraction of sp³-hybridized carbons (Fsp3) is 0.455. The number of carbonyl (C=O) groups is 1. The van der Waals surface area contributed by atoms with Crippen molar-refractivity contribution >= 4 is 21.9 Å². The number of aromatic nitrogens is 1. The summed E-state index contributed by atoms with van der Waals surface area (Å²) in [7, 11) is 3.02. The first-order valence-corrected chi connectivity index (χ1v) is 5.75. The molecule has 0 spiro atoms. The van der Waals surface area contributed by atoms with Crippen molar-refractivity contribution in [1.82, 2.24) is 4.57 Å². The number of halogens is 1. The lowest BCUT2D eigenvalue weighted by Crippen LogP contribution is -2.32. The van der Waals surface area contributed by atoms with Crippen LogP contribution in [0.3, 0.4) is 0 Å². The van der Waals surface area contributed by atoms with Crippen molar-refractivity contribution in [3.05, 3.63) is 32.7 Å². The van der Waals surface area contributed by atoms with Crippen LogP contribution in [0.4, 0.5) is 0 Å². The van der Waals surface area contributed by atoms with Crippen molar-refractivity contribution < 1.29 is 9.53 Å². The summed E-state index contributed by atoms with van der Waals surface area (Å²) in [5, 5.41) is 0. The number of hydrogen-bond acceptors (Lipinski definition) is 3. The predicted octanol–water partition coefficient (Wildman–Crippen LogP) is 1.35. The van der Waals surface area contributed by atoms with Gasteiger partial charge in [-0.3, -0.25) is 9.59 Å². The Labute approximate surface area is 101 Å². The van der Waals surface area contributed by atoms with E-state index in [0.29, 0.717) is 18.4 Å². The smallest absolute Gasteiger partial charge is 0.316 e. The Morgan fingerprint density at radius 2 is 2.19 bits per heavy atom. The molecule has 0 bridgehead atoms. The van der Waals surface area contributed by atoms with Gasteiger partial charge in [-0.25, -0.2) is 0 Å². The van der Waals surface area contributed by atoms with E-state index in [1.807, 2.05) is 0 Å². The van der Waals surface area contributed by atoms with Crippen molar-refractivity contribution in [2.45, 2.75) is 18.3 Å². The summed E-state index contributed by atoms with van der Waals surface area (Å²) in [4.78, 5) is 23.6. The summed E-state index contributed by atoms with van der Waals surface area (Å²) in [6.07, 6.45) is 3.05. The molecule has 1 fully saturated rings. The van der Waals surface area contributed by atoms with Crippen molar-refractivity contribution in [1.29, 1.82) is 0 Å². The molecule has 1 heterocycles. The number of aryl methyl sites for hydroxylation is 1. The third-order valence-corrected chi connectivity index (χ3v) is 3.43. The van der Waals surface area contributed by atoms with Gasteiger partial charge in [0.05, 0.1) is 12.5 Å². The summed E-state index contributed by atoms with van der Waals surface area (Å²) in [5.74, 6) is -0.317. The zero-order chi connectivity index (χ0) is 11.9. The van der Waals surface area contributed by atoms with E-state index in [4.69, 9.17) is 4.74 Å². The summed E-state index contributed by atoms with van der Waals surface area (Å²) < 4.78 is 7.03. The molecule has 0 radical (unpaired) electrons. The predicted molar refractivity (Wildman–Crippen MR) is 62.3 cm³/mol. The zero-order valence-corrected chi connectivity index (χ0v) is 10.7. The molecule has 1 aliphatic carbocycles.